The van der Waals surface area contributed by atoms with Gasteiger partial charge >= 0.3 is 5.97 Å². The maximum atomic E-state index is 11.1. The smallest absolute Gasteiger partial charge is 0.321 e. The Hall–Kier alpha value is -3.12. The van der Waals surface area contributed by atoms with E-state index in [1.54, 1.807) is 6.26 Å². The minimum Gasteiger partial charge on any atom is -0.493 e. The summed E-state index contributed by atoms with van der Waals surface area (Å²) in [7, 11) is 0. The van der Waals surface area contributed by atoms with Crippen LogP contribution in [0.3, 0.4) is 0 Å². The Morgan fingerprint density at radius 1 is 1.22 bits per heavy atom. The second-order valence-corrected chi connectivity index (χ2v) is 6.51. The zero-order valence-corrected chi connectivity index (χ0v) is 14.7. The molecule has 6 heteroatoms. The topological polar surface area (TPSA) is 84.6 Å². The normalized spacial score (nSPS) is 15.9. The molecule has 0 saturated heterocycles. The van der Waals surface area contributed by atoms with Crippen molar-refractivity contribution in [2.75, 3.05) is 6.61 Å². The first-order valence-electron chi connectivity index (χ1n) is 8.89. The predicted octanol–water partition coefficient (Wildman–Crippen LogP) is 3.06. The van der Waals surface area contributed by atoms with Crippen molar-refractivity contribution in [1.82, 2.24) is 10.3 Å². The second kappa shape index (κ2) is 7.63. The lowest BCUT2D eigenvalue weighted by atomic mass is 9.96. The number of carboxylic acid groups (broad SMARTS) is 1. The van der Waals surface area contributed by atoms with Crippen LogP contribution in [-0.2, 0) is 24.2 Å². The zero-order chi connectivity index (χ0) is 18.6. The standard InChI is InChI=1S/C21H20N2O4/c24-21(25)19-11-15-6-7-18(10-16(15)12-22-19)26-9-8-17-13-27-20(23-17)14-4-2-1-3-5-14/h1-7,10,13,19,22H,8-9,11-12H2,(H,24,25). The van der Waals surface area contributed by atoms with E-state index in [9.17, 15) is 4.79 Å². The number of nitrogens with one attached hydrogen (secondary N) is 1. The van der Waals surface area contributed by atoms with Crippen molar-refractivity contribution < 1.29 is 19.1 Å². The van der Waals surface area contributed by atoms with Gasteiger partial charge in [-0.05, 0) is 41.8 Å². The molecule has 0 saturated carbocycles. The van der Waals surface area contributed by atoms with Gasteiger partial charge in [-0.1, -0.05) is 24.3 Å². The summed E-state index contributed by atoms with van der Waals surface area (Å²) in [6.45, 7) is 1.03. The molecular weight excluding hydrogens is 344 g/mol. The third-order valence-corrected chi connectivity index (χ3v) is 4.64. The fourth-order valence-corrected chi connectivity index (χ4v) is 3.16. The van der Waals surface area contributed by atoms with Crippen LogP contribution in [0, 0.1) is 0 Å². The van der Waals surface area contributed by atoms with E-state index in [0.29, 0.717) is 31.9 Å². The summed E-state index contributed by atoms with van der Waals surface area (Å²) >= 11 is 0. The minimum atomic E-state index is -0.816. The lowest BCUT2D eigenvalue weighted by Crippen LogP contribution is -2.41. The van der Waals surface area contributed by atoms with Crippen molar-refractivity contribution in [3.8, 4) is 17.2 Å². The highest BCUT2D eigenvalue weighted by Crippen LogP contribution is 2.23. The van der Waals surface area contributed by atoms with Crippen LogP contribution in [0.1, 0.15) is 16.8 Å². The molecule has 27 heavy (non-hydrogen) atoms. The number of carboxylic acids is 1. The van der Waals surface area contributed by atoms with E-state index in [4.69, 9.17) is 14.3 Å². The molecule has 138 valence electrons. The number of hydrogen-bond acceptors (Lipinski definition) is 5. The molecule has 1 atom stereocenters. The number of hydrogen-bond donors (Lipinski definition) is 2. The third-order valence-electron chi connectivity index (χ3n) is 4.64. The van der Waals surface area contributed by atoms with Crippen LogP contribution < -0.4 is 10.1 Å². The Kier molecular flexibility index (Phi) is 4.89. The van der Waals surface area contributed by atoms with E-state index in [2.05, 4.69) is 10.3 Å². The SMILES string of the molecule is O=C(O)C1Cc2ccc(OCCc3coc(-c4ccccc4)n3)cc2CN1. The number of nitrogens with zero attached hydrogens (tertiary/aromatic N) is 1. The minimum absolute atomic E-state index is 0.491. The van der Waals surface area contributed by atoms with E-state index in [0.717, 1.165) is 28.1 Å². The first-order valence-corrected chi connectivity index (χ1v) is 8.89. The molecule has 0 spiro atoms. The molecule has 2 heterocycles. The molecule has 0 radical (unpaired) electrons. The Morgan fingerprint density at radius 3 is 2.89 bits per heavy atom. The van der Waals surface area contributed by atoms with Gasteiger partial charge in [0.05, 0.1) is 12.3 Å². The molecular formula is C21H20N2O4. The predicted molar refractivity (Wildman–Crippen MR) is 99.5 cm³/mol. The van der Waals surface area contributed by atoms with Gasteiger partial charge in [0.15, 0.2) is 0 Å². The highest BCUT2D eigenvalue weighted by molar-refractivity contribution is 5.74. The summed E-state index contributed by atoms with van der Waals surface area (Å²) in [6.07, 6.45) is 2.80. The number of aromatic nitrogens is 1. The van der Waals surface area contributed by atoms with E-state index >= 15 is 0 Å². The van der Waals surface area contributed by atoms with Crippen LogP contribution in [0.2, 0.25) is 0 Å². The van der Waals surface area contributed by atoms with Crippen molar-refractivity contribution >= 4 is 5.97 Å². The average molecular weight is 364 g/mol. The monoisotopic (exact) mass is 364 g/mol. The van der Waals surface area contributed by atoms with Crippen LogP contribution in [-0.4, -0.2) is 28.7 Å². The molecule has 4 rings (SSSR count). The van der Waals surface area contributed by atoms with Crippen LogP contribution in [0.15, 0.2) is 59.2 Å². The van der Waals surface area contributed by atoms with Gasteiger partial charge in [0.25, 0.3) is 0 Å². The quantitative estimate of drug-likeness (QED) is 0.699. The lowest BCUT2D eigenvalue weighted by molar-refractivity contribution is -0.139. The number of carbonyl (C=O) groups is 1. The fourth-order valence-electron chi connectivity index (χ4n) is 3.16. The Labute approximate surface area is 156 Å². The maximum absolute atomic E-state index is 11.1. The van der Waals surface area contributed by atoms with E-state index in [-0.39, 0.29) is 0 Å². The summed E-state index contributed by atoms with van der Waals surface area (Å²) in [4.78, 5) is 15.6. The van der Waals surface area contributed by atoms with E-state index in [1.165, 1.54) is 0 Å². The molecule has 0 bridgehead atoms. The first-order chi connectivity index (χ1) is 13.2. The molecule has 2 N–H and O–H groups in total. The number of oxazole rings is 1. The number of aliphatic carboxylic acids is 1. The van der Waals surface area contributed by atoms with Gasteiger partial charge in [-0.3, -0.25) is 4.79 Å². The van der Waals surface area contributed by atoms with Crippen LogP contribution in [0.4, 0.5) is 0 Å². The van der Waals surface area contributed by atoms with Gasteiger partial charge in [0.1, 0.15) is 18.1 Å². The summed E-state index contributed by atoms with van der Waals surface area (Å²) < 4.78 is 11.4. The van der Waals surface area contributed by atoms with Crippen LogP contribution in [0.5, 0.6) is 5.75 Å². The fraction of sp³-hybridized carbons (Fsp3) is 0.238. The molecule has 0 fully saturated rings. The second-order valence-electron chi connectivity index (χ2n) is 6.51. The average Bonchev–Trinajstić information content (AvgIpc) is 3.17. The number of benzene rings is 2. The molecule has 3 aromatic rings. The van der Waals surface area contributed by atoms with E-state index < -0.39 is 12.0 Å². The van der Waals surface area contributed by atoms with Crippen molar-refractivity contribution in [2.24, 2.45) is 0 Å². The summed E-state index contributed by atoms with van der Waals surface area (Å²) in [5.74, 6) is 0.568. The van der Waals surface area contributed by atoms with Crippen LogP contribution in [0.25, 0.3) is 11.5 Å². The lowest BCUT2D eigenvalue weighted by Gasteiger charge is -2.23. The largest absolute Gasteiger partial charge is 0.493 e. The Morgan fingerprint density at radius 2 is 2.07 bits per heavy atom. The molecule has 1 aromatic heterocycles. The summed E-state index contributed by atoms with van der Waals surface area (Å²) in [5.41, 5.74) is 3.93. The molecule has 1 unspecified atom stereocenters. The third kappa shape index (κ3) is 4.01. The highest BCUT2D eigenvalue weighted by atomic mass is 16.5. The molecule has 1 aliphatic heterocycles. The molecule has 2 aromatic carbocycles. The molecule has 0 amide bonds. The van der Waals surface area contributed by atoms with Crippen LogP contribution >= 0.6 is 0 Å². The van der Waals surface area contributed by atoms with Gasteiger partial charge in [-0.15, -0.1) is 0 Å². The van der Waals surface area contributed by atoms with Gasteiger partial charge < -0.3 is 19.6 Å². The Balaban J connectivity index is 1.34. The number of ether oxygens (including phenoxy) is 1. The summed E-state index contributed by atoms with van der Waals surface area (Å²) in [6, 6.07) is 15.1. The molecule has 0 aliphatic carbocycles. The first kappa shape index (κ1) is 17.3. The highest BCUT2D eigenvalue weighted by Gasteiger charge is 2.23. The van der Waals surface area contributed by atoms with E-state index in [1.807, 2.05) is 48.5 Å². The van der Waals surface area contributed by atoms with Gasteiger partial charge in [0, 0.05) is 18.5 Å². The molecule has 1 aliphatic rings. The molecule has 6 nitrogen and oxygen atoms in total. The van der Waals surface area contributed by atoms with Crippen molar-refractivity contribution in [1.29, 1.82) is 0 Å². The van der Waals surface area contributed by atoms with Crippen molar-refractivity contribution in [2.45, 2.75) is 25.4 Å². The number of fused-ring (bicyclic) bond motifs is 1. The van der Waals surface area contributed by atoms with Gasteiger partial charge in [-0.25, -0.2) is 4.98 Å². The zero-order valence-electron chi connectivity index (χ0n) is 14.7. The van der Waals surface area contributed by atoms with Crippen molar-refractivity contribution in [3.63, 3.8) is 0 Å². The summed E-state index contributed by atoms with van der Waals surface area (Å²) in [5, 5.41) is 12.1. The van der Waals surface area contributed by atoms with Gasteiger partial charge in [0.2, 0.25) is 5.89 Å². The van der Waals surface area contributed by atoms with Gasteiger partial charge in [-0.2, -0.15) is 0 Å². The Bertz CT molecular complexity index is 936. The maximum Gasteiger partial charge on any atom is 0.321 e. The van der Waals surface area contributed by atoms with Crippen molar-refractivity contribution in [3.05, 3.63) is 71.6 Å². The number of rotatable bonds is 6.